The normalized spacial score (nSPS) is 17.5. The maximum absolute atomic E-state index is 12.8. The van der Waals surface area contributed by atoms with Crippen molar-refractivity contribution in [1.29, 1.82) is 0 Å². The number of sulfonamides is 1. The molecule has 6 nitrogen and oxygen atoms in total. The Morgan fingerprint density at radius 1 is 1.22 bits per heavy atom. The summed E-state index contributed by atoms with van der Waals surface area (Å²) in [4.78, 5) is 12.6. The number of benzene rings is 1. The molecule has 0 spiro atoms. The van der Waals surface area contributed by atoms with Crippen LogP contribution in [0.5, 0.6) is 5.75 Å². The Bertz CT molecular complexity index is 652. The van der Waals surface area contributed by atoms with E-state index in [0.717, 1.165) is 19.3 Å². The van der Waals surface area contributed by atoms with E-state index in [0.29, 0.717) is 19.4 Å². The molecule has 0 aliphatic heterocycles. The van der Waals surface area contributed by atoms with Gasteiger partial charge in [0.25, 0.3) is 0 Å². The standard InChI is InChI=1S/C16H24N2O4S/c1-3-17-15(19)16(11-7-4-8-12-16)18-23(20,21)14-10-6-5-9-13(14)22-2/h5-6,9-10,18H,3-4,7-8,11-12H2,1-2H3,(H,17,19). The van der Waals surface area contributed by atoms with Gasteiger partial charge in [0.1, 0.15) is 16.2 Å². The summed E-state index contributed by atoms with van der Waals surface area (Å²) in [6.45, 7) is 2.29. The lowest BCUT2D eigenvalue weighted by Gasteiger charge is -2.36. The highest BCUT2D eigenvalue weighted by Crippen LogP contribution is 2.32. The van der Waals surface area contributed by atoms with Crippen molar-refractivity contribution in [3.63, 3.8) is 0 Å². The number of amides is 1. The van der Waals surface area contributed by atoms with Gasteiger partial charge in [0.05, 0.1) is 7.11 Å². The van der Waals surface area contributed by atoms with E-state index in [9.17, 15) is 13.2 Å². The third kappa shape index (κ3) is 3.84. The van der Waals surface area contributed by atoms with Gasteiger partial charge in [0.15, 0.2) is 0 Å². The number of methoxy groups -OCH3 is 1. The Labute approximate surface area is 137 Å². The van der Waals surface area contributed by atoms with Crippen molar-refractivity contribution < 1.29 is 17.9 Å². The predicted molar refractivity (Wildman–Crippen MR) is 87.8 cm³/mol. The van der Waals surface area contributed by atoms with Crippen LogP contribution in [0.4, 0.5) is 0 Å². The molecule has 0 heterocycles. The van der Waals surface area contributed by atoms with Crippen LogP contribution in [0.2, 0.25) is 0 Å². The summed E-state index contributed by atoms with van der Waals surface area (Å²) in [5.74, 6) is 0.0139. The summed E-state index contributed by atoms with van der Waals surface area (Å²) < 4.78 is 33.5. The van der Waals surface area contributed by atoms with Crippen LogP contribution in [-0.4, -0.2) is 33.5 Å². The van der Waals surface area contributed by atoms with Gasteiger partial charge in [-0.15, -0.1) is 0 Å². The first-order chi connectivity index (χ1) is 10.9. The number of hydrogen-bond donors (Lipinski definition) is 2. The van der Waals surface area contributed by atoms with Crippen LogP contribution in [0.1, 0.15) is 39.0 Å². The Morgan fingerprint density at radius 2 is 1.87 bits per heavy atom. The smallest absolute Gasteiger partial charge is 0.245 e. The minimum atomic E-state index is -3.86. The van der Waals surface area contributed by atoms with Gasteiger partial charge in [0.2, 0.25) is 15.9 Å². The molecule has 23 heavy (non-hydrogen) atoms. The SMILES string of the molecule is CCNC(=O)C1(NS(=O)(=O)c2ccccc2OC)CCCCC1. The van der Waals surface area contributed by atoms with Crippen LogP contribution in [0, 0.1) is 0 Å². The van der Waals surface area contributed by atoms with E-state index in [-0.39, 0.29) is 16.6 Å². The van der Waals surface area contributed by atoms with Crippen molar-refractivity contribution >= 4 is 15.9 Å². The van der Waals surface area contributed by atoms with Crippen molar-refractivity contribution in [1.82, 2.24) is 10.0 Å². The maximum atomic E-state index is 12.8. The lowest BCUT2D eigenvalue weighted by atomic mass is 9.82. The molecule has 1 amide bonds. The zero-order chi connectivity index (χ0) is 16.9. The monoisotopic (exact) mass is 340 g/mol. The lowest BCUT2D eigenvalue weighted by Crippen LogP contribution is -2.59. The maximum Gasteiger partial charge on any atom is 0.245 e. The molecule has 0 unspecified atom stereocenters. The van der Waals surface area contributed by atoms with E-state index in [2.05, 4.69) is 10.0 Å². The third-order valence-corrected chi connectivity index (χ3v) is 5.74. The van der Waals surface area contributed by atoms with E-state index >= 15 is 0 Å². The molecule has 1 aliphatic carbocycles. The van der Waals surface area contributed by atoms with Gasteiger partial charge >= 0.3 is 0 Å². The number of nitrogens with one attached hydrogen (secondary N) is 2. The summed E-state index contributed by atoms with van der Waals surface area (Å²) in [6.07, 6.45) is 3.68. The van der Waals surface area contributed by atoms with Crippen molar-refractivity contribution in [2.45, 2.75) is 49.5 Å². The molecule has 0 saturated heterocycles. The van der Waals surface area contributed by atoms with Gasteiger partial charge in [-0.3, -0.25) is 4.79 Å². The number of carbonyl (C=O) groups excluding carboxylic acids is 1. The van der Waals surface area contributed by atoms with E-state index in [1.807, 2.05) is 6.92 Å². The summed E-state index contributed by atoms with van der Waals surface area (Å²) in [5, 5.41) is 2.76. The van der Waals surface area contributed by atoms with Crippen LogP contribution in [0.3, 0.4) is 0 Å². The molecular formula is C16H24N2O4S. The first-order valence-electron chi connectivity index (χ1n) is 7.90. The Hall–Kier alpha value is -1.60. The highest BCUT2D eigenvalue weighted by Gasteiger charge is 2.43. The number of likely N-dealkylation sites (N-methyl/N-ethyl adjacent to an activating group) is 1. The molecule has 0 bridgehead atoms. The van der Waals surface area contributed by atoms with Gasteiger partial charge in [-0.1, -0.05) is 31.4 Å². The van der Waals surface area contributed by atoms with E-state index < -0.39 is 15.6 Å². The van der Waals surface area contributed by atoms with Crippen LogP contribution < -0.4 is 14.8 Å². The first-order valence-corrected chi connectivity index (χ1v) is 9.39. The number of para-hydroxylation sites is 1. The van der Waals surface area contributed by atoms with Crippen molar-refractivity contribution in [2.75, 3.05) is 13.7 Å². The minimum absolute atomic E-state index is 0.0525. The number of carbonyl (C=O) groups is 1. The van der Waals surface area contributed by atoms with E-state index in [1.54, 1.807) is 18.2 Å². The average Bonchev–Trinajstić information content (AvgIpc) is 2.55. The lowest BCUT2D eigenvalue weighted by molar-refractivity contribution is -0.128. The average molecular weight is 340 g/mol. The Morgan fingerprint density at radius 3 is 2.48 bits per heavy atom. The Kier molecular flexibility index (Phi) is 5.64. The number of hydrogen-bond acceptors (Lipinski definition) is 4. The number of rotatable bonds is 6. The minimum Gasteiger partial charge on any atom is -0.495 e. The summed E-state index contributed by atoms with van der Waals surface area (Å²) in [5.41, 5.74) is -1.08. The highest BCUT2D eigenvalue weighted by atomic mass is 32.2. The van der Waals surface area contributed by atoms with E-state index in [4.69, 9.17) is 4.74 Å². The Balaban J connectivity index is 2.36. The summed E-state index contributed by atoms with van der Waals surface area (Å²) >= 11 is 0. The topological polar surface area (TPSA) is 84.5 Å². The molecule has 1 aromatic carbocycles. The van der Waals surface area contributed by atoms with Gasteiger partial charge in [0, 0.05) is 6.54 Å². The van der Waals surface area contributed by atoms with Gasteiger partial charge < -0.3 is 10.1 Å². The van der Waals surface area contributed by atoms with Crippen LogP contribution >= 0.6 is 0 Å². The fourth-order valence-corrected chi connectivity index (χ4v) is 4.61. The molecule has 128 valence electrons. The fraction of sp³-hybridized carbons (Fsp3) is 0.562. The molecule has 1 fully saturated rings. The second kappa shape index (κ2) is 7.31. The van der Waals surface area contributed by atoms with Gasteiger partial charge in [-0.2, -0.15) is 4.72 Å². The molecule has 0 atom stereocenters. The second-order valence-corrected chi connectivity index (χ2v) is 7.41. The first kappa shape index (κ1) is 17.7. The molecule has 2 N–H and O–H groups in total. The molecule has 0 aromatic heterocycles. The molecule has 0 radical (unpaired) electrons. The second-order valence-electron chi connectivity index (χ2n) is 5.76. The molecule has 1 aromatic rings. The molecule has 1 saturated carbocycles. The van der Waals surface area contributed by atoms with Crippen molar-refractivity contribution in [2.24, 2.45) is 0 Å². The summed E-state index contributed by atoms with van der Waals surface area (Å²) in [7, 11) is -2.44. The zero-order valence-corrected chi connectivity index (χ0v) is 14.4. The summed E-state index contributed by atoms with van der Waals surface area (Å²) in [6, 6.07) is 6.42. The largest absolute Gasteiger partial charge is 0.495 e. The third-order valence-electron chi connectivity index (χ3n) is 4.17. The van der Waals surface area contributed by atoms with Gasteiger partial charge in [-0.25, -0.2) is 8.42 Å². The quantitative estimate of drug-likeness (QED) is 0.827. The molecule has 1 aliphatic rings. The molecule has 7 heteroatoms. The van der Waals surface area contributed by atoms with Crippen molar-refractivity contribution in [3.05, 3.63) is 24.3 Å². The molecular weight excluding hydrogens is 316 g/mol. The highest BCUT2D eigenvalue weighted by molar-refractivity contribution is 7.89. The predicted octanol–water partition coefficient (Wildman–Crippen LogP) is 1.81. The number of ether oxygens (including phenoxy) is 1. The van der Waals surface area contributed by atoms with Crippen LogP contribution in [-0.2, 0) is 14.8 Å². The van der Waals surface area contributed by atoms with Gasteiger partial charge in [-0.05, 0) is 31.9 Å². The van der Waals surface area contributed by atoms with Crippen LogP contribution in [0.15, 0.2) is 29.2 Å². The van der Waals surface area contributed by atoms with E-state index in [1.165, 1.54) is 13.2 Å². The molecule has 2 rings (SSSR count). The zero-order valence-electron chi connectivity index (χ0n) is 13.6. The van der Waals surface area contributed by atoms with Crippen molar-refractivity contribution in [3.8, 4) is 5.75 Å². The fourth-order valence-electron chi connectivity index (χ4n) is 3.01. The van der Waals surface area contributed by atoms with Crippen LogP contribution in [0.25, 0.3) is 0 Å².